The number of alkyl halides is 2. The molecule has 2 N–H and O–H groups in total. The number of hydrazine groups is 1. The zero-order chi connectivity index (χ0) is 18.0. The molecule has 1 saturated heterocycles. The van der Waals surface area contributed by atoms with E-state index < -0.39 is 5.92 Å². The predicted molar refractivity (Wildman–Crippen MR) is 95.5 cm³/mol. The van der Waals surface area contributed by atoms with Gasteiger partial charge in [-0.2, -0.15) is 0 Å². The molecule has 2 aliphatic rings. The van der Waals surface area contributed by atoms with Crippen molar-refractivity contribution in [2.24, 2.45) is 0 Å². The van der Waals surface area contributed by atoms with Crippen LogP contribution in [0.25, 0.3) is 0 Å². The molecule has 0 aromatic carbocycles. The summed E-state index contributed by atoms with van der Waals surface area (Å²) in [5.74, 6) is -1.02. The summed E-state index contributed by atoms with van der Waals surface area (Å²) in [6, 6.07) is 4.44. The standard InChI is InChI=1S/C17H27F2N5O/c1-20-22-15-8-13(23(2)14-10-25-11-14)9-16(21-15)24(3)12-4-6-17(18,19)7-5-12/h8-9,12,14,20H,4-7,10-11H2,1-3H3,(H,21,22). The van der Waals surface area contributed by atoms with Crippen LogP contribution in [0.3, 0.4) is 0 Å². The van der Waals surface area contributed by atoms with Gasteiger partial charge in [-0.25, -0.2) is 19.2 Å². The van der Waals surface area contributed by atoms with Crippen molar-refractivity contribution in [3.8, 4) is 0 Å². The lowest BCUT2D eigenvalue weighted by molar-refractivity contribution is -0.0378. The van der Waals surface area contributed by atoms with Gasteiger partial charge >= 0.3 is 0 Å². The molecule has 1 saturated carbocycles. The van der Waals surface area contributed by atoms with Crippen molar-refractivity contribution >= 4 is 17.3 Å². The number of anilines is 3. The number of ether oxygens (including phenoxy) is 1. The molecular weight excluding hydrogens is 328 g/mol. The lowest BCUT2D eigenvalue weighted by Gasteiger charge is -2.38. The van der Waals surface area contributed by atoms with Crippen molar-refractivity contribution in [3.63, 3.8) is 0 Å². The Morgan fingerprint density at radius 1 is 1.12 bits per heavy atom. The molecule has 8 heteroatoms. The molecule has 25 heavy (non-hydrogen) atoms. The van der Waals surface area contributed by atoms with E-state index in [2.05, 4.69) is 20.7 Å². The molecule has 0 unspecified atom stereocenters. The smallest absolute Gasteiger partial charge is 0.248 e. The molecule has 2 heterocycles. The fourth-order valence-electron chi connectivity index (χ4n) is 3.34. The lowest BCUT2D eigenvalue weighted by Crippen LogP contribution is -2.47. The van der Waals surface area contributed by atoms with Crippen molar-refractivity contribution < 1.29 is 13.5 Å². The molecule has 1 aromatic rings. The number of nitrogens with one attached hydrogen (secondary N) is 2. The Labute approximate surface area is 147 Å². The number of hydrogen-bond acceptors (Lipinski definition) is 6. The number of hydrogen-bond donors (Lipinski definition) is 2. The van der Waals surface area contributed by atoms with Gasteiger partial charge in [0.2, 0.25) is 5.92 Å². The van der Waals surface area contributed by atoms with Crippen molar-refractivity contribution in [1.82, 2.24) is 10.4 Å². The molecule has 0 spiro atoms. The SMILES string of the molecule is CNNc1cc(N(C)C2COC2)cc(N(C)C2CCC(F)(F)CC2)n1. The topological polar surface area (TPSA) is 52.7 Å². The van der Waals surface area contributed by atoms with Gasteiger partial charge in [-0.3, -0.25) is 0 Å². The minimum Gasteiger partial charge on any atom is -0.377 e. The number of aromatic nitrogens is 1. The van der Waals surface area contributed by atoms with Crippen LogP contribution in [0.5, 0.6) is 0 Å². The second-order valence-electron chi connectivity index (χ2n) is 6.94. The van der Waals surface area contributed by atoms with Crippen LogP contribution in [-0.2, 0) is 4.74 Å². The highest BCUT2D eigenvalue weighted by Crippen LogP contribution is 2.36. The van der Waals surface area contributed by atoms with Gasteiger partial charge in [-0.1, -0.05) is 0 Å². The van der Waals surface area contributed by atoms with E-state index in [0.29, 0.717) is 24.7 Å². The summed E-state index contributed by atoms with van der Waals surface area (Å²) in [5.41, 5.74) is 6.95. The summed E-state index contributed by atoms with van der Waals surface area (Å²) in [6.07, 6.45) is 0.859. The number of rotatable bonds is 6. The van der Waals surface area contributed by atoms with Gasteiger partial charge in [0.25, 0.3) is 0 Å². The average Bonchev–Trinajstić information content (AvgIpc) is 2.52. The van der Waals surface area contributed by atoms with E-state index in [1.165, 1.54) is 0 Å². The maximum absolute atomic E-state index is 13.4. The maximum atomic E-state index is 13.4. The van der Waals surface area contributed by atoms with E-state index >= 15 is 0 Å². The summed E-state index contributed by atoms with van der Waals surface area (Å²) in [5, 5.41) is 0. The highest BCUT2D eigenvalue weighted by Gasteiger charge is 2.36. The van der Waals surface area contributed by atoms with Crippen molar-refractivity contribution in [2.45, 2.75) is 43.7 Å². The Bertz CT molecular complexity index is 586. The summed E-state index contributed by atoms with van der Waals surface area (Å²) in [7, 11) is 5.76. The zero-order valence-corrected chi connectivity index (χ0v) is 15.1. The Kier molecular flexibility index (Phi) is 5.29. The molecule has 0 atom stereocenters. The highest BCUT2D eigenvalue weighted by molar-refractivity contribution is 5.62. The van der Waals surface area contributed by atoms with E-state index in [1.807, 2.05) is 31.1 Å². The first-order valence-corrected chi connectivity index (χ1v) is 8.76. The van der Waals surface area contributed by atoms with E-state index in [0.717, 1.165) is 24.7 Å². The Hall–Kier alpha value is -1.67. The second kappa shape index (κ2) is 7.29. The molecule has 2 fully saturated rings. The molecule has 140 valence electrons. The van der Waals surface area contributed by atoms with Gasteiger partial charge in [0.15, 0.2) is 0 Å². The predicted octanol–water partition coefficient (Wildman–Crippen LogP) is 2.48. The molecular formula is C17H27F2N5O. The third kappa shape index (κ3) is 4.12. The van der Waals surface area contributed by atoms with Gasteiger partial charge in [0.05, 0.1) is 19.3 Å². The molecule has 6 nitrogen and oxygen atoms in total. The van der Waals surface area contributed by atoms with E-state index in [4.69, 9.17) is 4.74 Å². The Morgan fingerprint density at radius 3 is 2.36 bits per heavy atom. The summed E-state index contributed by atoms with van der Waals surface area (Å²) in [6.45, 7) is 1.44. The van der Waals surface area contributed by atoms with Gasteiger partial charge in [0.1, 0.15) is 11.6 Å². The first-order chi connectivity index (χ1) is 11.9. The van der Waals surface area contributed by atoms with Gasteiger partial charge in [0, 0.05) is 57.8 Å². The summed E-state index contributed by atoms with van der Waals surface area (Å²) < 4.78 is 32.2. The molecule has 0 bridgehead atoms. The highest BCUT2D eigenvalue weighted by atomic mass is 19.3. The fourth-order valence-corrected chi connectivity index (χ4v) is 3.34. The third-order valence-corrected chi connectivity index (χ3v) is 5.22. The monoisotopic (exact) mass is 355 g/mol. The molecule has 1 aliphatic heterocycles. The second-order valence-corrected chi connectivity index (χ2v) is 6.94. The quantitative estimate of drug-likeness (QED) is 0.765. The van der Waals surface area contributed by atoms with Crippen LogP contribution in [0.15, 0.2) is 12.1 Å². The van der Waals surface area contributed by atoms with Crippen molar-refractivity contribution in [1.29, 1.82) is 0 Å². The number of likely N-dealkylation sites (N-methyl/N-ethyl adjacent to an activating group) is 1. The molecule has 3 rings (SSSR count). The Morgan fingerprint density at radius 2 is 1.80 bits per heavy atom. The van der Waals surface area contributed by atoms with Crippen LogP contribution in [0.4, 0.5) is 26.1 Å². The Balaban J connectivity index is 1.80. The van der Waals surface area contributed by atoms with Gasteiger partial charge < -0.3 is 20.0 Å². The number of pyridine rings is 1. The van der Waals surface area contributed by atoms with E-state index in [1.54, 1.807) is 7.05 Å². The van der Waals surface area contributed by atoms with Crippen molar-refractivity contribution in [2.75, 3.05) is 49.6 Å². The van der Waals surface area contributed by atoms with E-state index in [-0.39, 0.29) is 18.9 Å². The summed E-state index contributed by atoms with van der Waals surface area (Å²) >= 11 is 0. The number of nitrogens with zero attached hydrogens (tertiary/aromatic N) is 3. The maximum Gasteiger partial charge on any atom is 0.248 e. The first-order valence-electron chi connectivity index (χ1n) is 8.76. The van der Waals surface area contributed by atoms with Crippen LogP contribution in [0.1, 0.15) is 25.7 Å². The van der Waals surface area contributed by atoms with Gasteiger partial charge in [-0.05, 0) is 12.8 Å². The van der Waals surface area contributed by atoms with Crippen molar-refractivity contribution in [3.05, 3.63) is 12.1 Å². The lowest BCUT2D eigenvalue weighted by atomic mass is 9.91. The van der Waals surface area contributed by atoms with Crippen LogP contribution in [0, 0.1) is 0 Å². The third-order valence-electron chi connectivity index (χ3n) is 5.22. The molecule has 1 aromatic heterocycles. The van der Waals surface area contributed by atoms with Crippen LogP contribution in [-0.4, -0.2) is 57.3 Å². The van der Waals surface area contributed by atoms with Crippen LogP contribution >= 0.6 is 0 Å². The average molecular weight is 355 g/mol. The van der Waals surface area contributed by atoms with E-state index in [9.17, 15) is 8.78 Å². The minimum absolute atomic E-state index is 0.0529. The molecule has 0 radical (unpaired) electrons. The summed E-state index contributed by atoms with van der Waals surface area (Å²) in [4.78, 5) is 8.84. The minimum atomic E-state index is -2.52. The first kappa shape index (κ1) is 18.1. The largest absolute Gasteiger partial charge is 0.377 e. The zero-order valence-electron chi connectivity index (χ0n) is 15.1. The van der Waals surface area contributed by atoms with Crippen LogP contribution in [0.2, 0.25) is 0 Å². The normalized spacial score (nSPS) is 20.8. The van der Waals surface area contributed by atoms with Crippen LogP contribution < -0.4 is 20.7 Å². The van der Waals surface area contributed by atoms with Gasteiger partial charge in [-0.15, -0.1) is 0 Å². The number of halogens is 2. The fraction of sp³-hybridized carbons (Fsp3) is 0.706. The molecule has 1 aliphatic carbocycles. The molecule has 0 amide bonds.